The summed E-state index contributed by atoms with van der Waals surface area (Å²) in [4.78, 5) is 51.1. The minimum absolute atomic E-state index is 0.172. The number of nitrogens with zero attached hydrogens (tertiary/aromatic N) is 1. The minimum atomic E-state index is -0.423. The van der Waals surface area contributed by atoms with Gasteiger partial charge >= 0.3 is 0 Å². The summed E-state index contributed by atoms with van der Waals surface area (Å²) in [6.07, 6.45) is 0.532. The second-order valence-electron chi connectivity index (χ2n) is 7.45. The van der Waals surface area contributed by atoms with E-state index in [-0.39, 0.29) is 48.1 Å². The van der Waals surface area contributed by atoms with Crippen LogP contribution in [0, 0.1) is 0 Å². The lowest BCUT2D eigenvalue weighted by molar-refractivity contribution is 0.0638. The summed E-state index contributed by atoms with van der Waals surface area (Å²) in [5, 5.41) is 5.41. The summed E-state index contributed by atoms with van der Waals surface area (Å²) < 4.78 is 15.3. The predicted octanol–water partition coefficient (Wildman–Crippen LogP) is 1.50. The van der Waals surface area contributed by atoms with Crippen molar-refractivity contribution < 1.29 is 33.4 Å². The Bertz CT molecular complexity index is 1100. The smallest absolute Gasteiger partial charge is 0.261 e. The molecule has 0 aromatic heterocycles. The normalized spacial score (nSPS) is 12.4. The number of carbonyl (C=O) groups is 4. The van der Waals surface area contributed by atoms with E-state index in [1.54, 1.807) is 25.3 Å². The van der Waals surface area contributed by atoms with Crippen LogP contribution in [0.3, 0.4) is 0 Å². The number of nitrogens with one attached hydrogen (secondary N) is 2. The van der Waals surface area contributed by atoms with Crippen LogP contribution in [-0.2, 0) is 4.74 Å². The molecule has 1 aliphatic heterocycles. The zero-order valence-electron chi connectivity index (χ0n) is 19.3. The van der Waals surface area contributed by atoms with Gasteiger partial charge in [0, 0.05) is 44.5 Å². The first kappa shape index (κ1) is 24.7. The van der Waals surface area contributed by atoms with Gasteiger partial charge in [0.15, 0.2) is 11.5 Å². The lowest BCUT2D eigenvalue weighted by Crippen LogP contribution is -2.34. The largest absolute Gasteiger partial charge is 0.493 e. The number of amides is 4. The highest BCUT2D eigenvalue weighted by molar-refractivity contribution is 6.22. The van der Waals surface area contributed by atoms with Gasteiger partial charge in [0.25, 0.3) is 23.6 Å². The zero-order chi connectivity index (χ0) is 24.7. The van der Waals surface area contributed by atoms with E-state index in [9.17, 15) is 19.2 Å². The molecule has 0 bridgehead atoms. The molecule has 1 aliphatic rings. The minimum Gasteiger partial charge on any atom is -0.493 e. The molecule has 0 radical (unpaired) electrons. The second-order valence-corrected chi connectivity index (χ2v) is 7.45. The molecule has 2 aromatic carbocycles. The van der Waals surface area contributed by atoms with Gasteiger partial charge in [0.1, 0.15) is 0 Å². The first-order valence-corrected chi connectivity index (χ1v) is 10.7. The van der Waals surface area contributed by atoms with Gasteiger partial charge < -0.3 is 24.8 Å². The zero-order valence-corrected chi connectivity index (χ0v) is 19.3. The highest BCUT2D eigenvalue weighted by atomic mass is 16.5. The quantitative estimate of drug-likeness (QED) is 0.378. The van der Waals surface area contributed by atoms with E-state index >= 15 is 0 Å². The Morgan fingerprint density at radius 3 is 2.00 bits per heavy atom. The third-order valence-electron chi connectivity index (χ3n) is 5.30. The molecule has 180 valence electrons. The van der Waals surface area contributed by atoms with Gasteiger partial charge in [-0.15, -0.1) is 0 Å². The fraction of sp³-hybridized carbons (Fsp3) is 0.333. The summed E-state index contributed by atoms with van der Waals surface area (Å²) in [5.74, 6) is -0.593. The van der Waals surface area contributed by atoms with Gasteiger partial charge in [-0.2, -0.15) is 0 Å². The van der Waals surface area contributed by atoms with Crippen LogP contribution in [0.25, 0.3) is 0 Å². The van der Waals surface area contributed by atoms with E-state index in [4.69, 9.17) is 14.2 Å². The summed E-state index contributed by atoms with van der Waals surface area (Å²) in [6.45, 7) is 1.05. The lowest BCUT2D eigenvalue weighted by atomic mass is 10.1. The van der Waals surface area contributed by atoms with Gasteiger partial charge in [-0.3, -0.25) is 24.1 Å². The molecule has 3 rings (SSSR count). The van der Waals surface area contributed by atoms with Crippen LogP contribution < -0.4 is 20.1 Å². The molecular formula is C24H27N3O7. The summed E-state index contributed by atoms with van der Waals surface area (Å²) >= 11 is 0. The Kier molecular flexibility index (Phi) is 8.20. The SMILES string of the molecule is COCCCN1C(=O)c2ccc(C(=O)NCCNC(=O)c3ccc(OC)c(OC)c3)cc2C1=O. The van der Waals surface area contributed by atoms with Crippen LogP contribution in [-0.4, -0.2) is 76.1 Å². The van der Waals surface area contributed by atoms with Crippen LogP contribution in [0.1, 0.15) is 47.9 Å². The second kappa shape index (κ2) is 11.3. The van der Waals surface area contributed by atoms with Crippen LogP contribution in [0.15, 0.2) is 36.4 Å². The molecule has 10 nitrogen and oxygen atoms in total. The molecule has 0 atom stereocenters. The van der Waals surface area contributed by atoms with E-state index in [2.05, 4.69) is 10.6 Å². The molecule has 0 unspecified atom stereocenters. The first-order valence-electron chi connectivity index (χ1n) is 10.7. The number of methoxy groups -OCH3 is 3. The molecular weight excluding hydrogens is 442 g/mol. The molecule has 4 amide bonds. The van der Waals surface area contributed by atoms with Gasteiger partial charge in [0.05, 0.1) is 25.3 Å². The van der Waals surface area contributed by atoms with Crippen molar-refractivity contribution in [3.05, 3.63) is 58.7 Å². The average molecular weight is 469 g/mol. The molecule has 0 aliphatic carbocycles. The van der Waals surface area contributed by atoms with Gasteiger partial charge in [-0.25, -0.2) is 0 Å². The Hall–Kier alpha value is -3.92. The number of carbonyl (C=O) groups excluding carboxylic acids is 4. The van der Waals surface area contributed by atoms with Crippen molar-refractivity contribution in [2.45, 2.75) is 6.42 Å². The fourth-order valence-corrected chi connectivity index (χ4v) is 3.54. The van der Waals surface area contributed by atoms with E-state index in [1.165, 1.54) is 32.4 Å². The maximum absolute atomic E-state index is 12.6. The Balaban J connectivity index is 1.53. The molecule has 0 spiro atoms. The molecule has 10 heteroatoms. The molecule has 1 heterocycles. The van der Waals surface area contributed by atoms with Gasteiger partial charge in [-0.05, 0) is 42.8 Å². The summed E-state index contributed by atoms with van der Waals surface area (Å²) in [5.41, 5.74) is 1.13. The van der Waals surface area contributed by atoms with Crippen LogP contribution in [0.5, 0.6) is 11.5 Å². The van der Waals surface area contributed by atoms with Crippen molar-refractivity contribution in [1.82, 2.24) is 15.5 Å². The number of benzene rings is 2. The third-order valence-corrected chi connectivity index (χ3v) is 5.30. The lowest BCUT2D eigenvalue weighted by Gasteiger charge is -2.12. The van der Waals surface area contributed by atoms with Crippen LogP contribution >= 0.6 is 0 Å². The van der Waals surface area contributed by atoms with Crippen molar-refractivity contribution in [2.24, 2.45) is 0 Å². The summed E-state index contributed by atoms with van der Waals surface area (Å²) in [7, 11) is 4.54. The topological polar surface area (TPSA) is 123 Å². The number of imide groups is 1. The number of hydrogen-bond acceptors (Lipinski definition) is 7. The monoisotopic (exact) mass is 469 g/mol. The summed E-state index contributed by atoms with van der Waals surface area (Å²) in [6, 6.07) is 9.21. The highest BCUT2D eigenvalue weighted by Crippen LogP contribution is 2.27. The first-order chi connectivity index (χ1) is 16.4. The van der Waals surface area contributed by atoms with Gasteiger partial charge in [0.2, 0.25) is 0 Å². The maximum atomic E-state index is 12.6. The third kappa shape index (κ3) is 5.34. The van der Waals surface area contributed by atoms with Crippen molar-refractivity contribution >= 4 is 23.6 Å². The van der Waals surface area contributed by atoms with Crippen molar-refractivity contribution in [3.8, 4) is 11.5 Å². The Morgan fingerprint density at radius 1 is 0.794 bits per heavy atom. The predicted molar refractivity (Wildman–Crippen MR) is 123 cm³/mol. The molecule has 34 heavy (non-hydrogen) atoms. The molecule has 0 saturated heterocycles. The van der Waals surface area contributed by atoms with Gasteiger partial charge in [-0.1, -0.05) is 0 Å². The average Bonchev–Trinajstić information content (AvgIpc) is 3.10. The number of fused-ring (bicyclic) bond motifs is 1. The van der Waals surface area contributed by atoms with E-state index < -0.39 is 11.8 Å². The van der Waals surface area contributed by atoms with Crippen LogP contribution in [0.4, 0.5) is 0 Å². The molecule has 2 aromatic rings. The Labute approximate surface area is 197 Å². The Morgan fingerprint density at radius 2 is 1.38 bits per heavy atom. The van der Waals surface area contributed by atoms with E-state index in [0.29, 0.717) is 30.1 Å². The van der Waals surface area contributed by atoms with Crippen molar-refractivity contribution in [3.63, 3.8) is 0 Å². The van der Waals surface area contributed by atoms with Crippen LogP contribution in [0.2, 0.25) is 0 Å². The number of ether oxygens (including phenoxy) is 3. The molecule has 2 N–H and O–H groups in total. The molecule has 0 saturated carbocycles. The number of rotatable bonds is 11. The fourth-order valence-electron chi connectivity index (χ4n) is 3.54. The number of hydrogen-bond donors (Lipinski definition) is 2. The van der Waals surface area contributed by atoms with E-state index in [1.807, 2.05) is 0 Å². The standard InChI is InChI=1S/C24H27N3O7/c1-32-12-4-11-27-23(30)17-7-5-15(13-18(17)24(27)31)21(28)25-9-10-26-22(29)16-6-8-19(33-2)20(14-16)34-3/h5-8,13-14H,4,9-12H2,1-3H3,(H,25,28)(H,26,29). The maximum Gasteiger partial charge on any atom is 0.261 e. The van der Waals surface area contributed by atoms with E-state index in [0.717, 1.165) is 4.90 Å². The van der Waals surface area contributed by atoms with Crippen molar-refractivity contribution in [1.29, 1.82) is 0 Å². The highest BCUT2D eigenvalue weighted by Gasteiger charge is 2.35. The molecule has 0 fully saturated rings. The van der Waals surface area contributed by atoms with Crippen molar-refractivity contribution in [2.75, 3.05) is 47.6 Å².